The van der Waals surface area contributed by atoms with Gasteiger partial charge in [0.2, 0.25) is 6.54 Å². The second kappa shape index (κ2) is 1.84. The normalized spacial score (nSPS) is 78.4. The lowest BCUT2D eigenvalue weighted by molar-refractivity contribution is -0.504. The van der Waals surface area contributed by atoms with Crippen LogP contribution in [0.25, 0.3) is 0 Å². The molecule has 0 amide bonds. The van der Waals surface area contributed by atoms with Crippen molar-refractivity contribution >= 4 is 0 Å². The molecular formula is C12H13NO4. The first kappa shape index (κ1) is 8.43. The zero-order valence-electron chi connectivity index (χ0n) is 9.15. The summed E-state index contributed by atoms with van der Waals surface area (Å²) in [5.41, 5.74) is -0.579. The first-order valence-electron chi connectivity index (χ1n) is 6.64. The van der Waals surface area contributed by atoms with Crippen molar-refractivity contribution in [2.24, 2.45) is 47.3 Å². The number of hydrogen-bond donors (Lipinski definition) is 1. The number of nitrogens with zero attached hydrogens (tertiary/aromatic N) is 1. The van der Waals surface area contributed by atoms with E-state index in [-0.39, 0.29) is 23.3 Å². The smallest absolute Gasteiger partial charge is 0.233 e. The van der Waals surface area contributed by atoms with Gasteiger partial charge in [0.15, 0.2) is 5.79 Å². The van der Waals surface area contributed by atoms with Gasteiger partial charge in [-0.3, -0.25) is 10.1 Å². The third-order valence-corrected chi connectivity index (χ3v) is 7.32. The molecule has 90 valence electrons. The zero-order valence-corrected chi connectivity index (χ0v) is 9.15. The van der Waals surface area contributed by atoms with Gasteiger partial charge in [0.1, 0.15) is 5.60 Å². The molecule has 0 aromatic rings. The predicted molar refractivity (Wildman–Crippen MR) is 53.2 cm³/mol. The highest BCUT2D eigenvalue weighted by Gasteiger charge is 2.98. The molecule has 1 N–H and O–H groups in total. The maximum absolute atomic E-state index is 11.0. The van der Waals surface area contributed by atoms with E-state index in [1.165, 1.54) is 6.42 Å². The summed E-state index contributed by atoms with van der Waals surface area (Å²) in [6, 6.07) is 0. The van der Waals surface area contributed by atoms with Gasteiger partial charge in [-0.2, -0.15) is 0 Å². The number of aliphatic hydroxyl groups is 1. The summed E-state index contributed by atoms with van der Waals surface area (Å²) in [7, 11) is 0. The molecule has 4 bridgehead atoms. The molecule has 2 aliphatic heterocycles. The minimum Gasteiger partial charge on any atom is -0.365 e. The van der Waals surface area contributed by atoms with Crippen LogP contribution in [0.15, 0.2) is 0 Å². The van der Waals surface area contributed by atoms with Gasteiger partial charge in [0.05, 0.1) is 0 Å². The molecule has 7 aliphatic rings. The molecule has 10 atom stereocenters. The topological polar surface area (TPSA) is 72.6 Å². The Kier molecular flexibility index (Phi) is 0.912. The molecule has 5 saturated carbocycles. The van der Waals surface area contributed by atoms with Crippen LogP contribution in [0.2, 0.25) is 0 Å². The molecule has 0 spiro atoms. The van der Waals surface area contributed by atoms with Gasteiger partial charge in [0, 0.05) is 28.6 Å². The summed E-state index contributed by atoms with van der Waals surface area (Å²) in [6.45, 7) is -0.0793. The number of nitro groups is 1. The first-order valence-corrected chi connectivity index (χ1v) is 6.64. The van der Waals surface area contributed by atoms with Gasteiger partial charge in [0.25, 0.3) is 0 Å². The Hall–Kier alpha value is -0.680. The lowest BCUT2D eigenvalue weighted by atomic mass is 9.56. The summed E-state index contributed by atoms with van der Waals surface area (Å²) in [5.74, 6) is 2.67. The summed E-state index contributed by atoms with van der Waals surface area (Å²) in [4.78, 5) is 10.7. The van der Waals surface area contributed by atoms with Gasteiger partial charge in [-0.15, -0.1) is 0 Å². The van der Waals surface area contributed by atoms with E-state index >= 15 is 0 Å². The molecule has 0 unspecified atom stereocenters. The fourth-order valence-electron chi connectivity index (χ4n) is 7.71. The fourth-order valence-corrected chi connectivity index (χ4v) is 7.71. The molecule has 2 saturated heterocycles. The van der Waals surface area contributed by atoms with Crippen molar-refractivity contribution in [3.63, 3.8) is 0 Å². The Morgan fingerprint density at radius 3 is 2.71 bits per heavy atom. The predicted octanol–water partition coefficient (Wildman–Crippen LogP) is 0.108. The maximum atomic E-state index is 11.0. The summed E-state index contributed by atoms with van der Waals surface area (Å²) in [6.07, 6.45) is 1.21. The van der Waals surface area contributed by atoms with Crippen molar-refractivity contribution in [3.8, 4) is 0 Å². The number of ether oxygens (including phenoxy) is 1. The fraction of sp³-hybridized carbons (Fsp3) is 1.00. The Bertz CT molecular complexity index is 509. The quantitative estimate of drug-likeness (QED) is 0.544. The highest BCUT2D eigenvalue weighted by Crippen LogP contribution is 2.92. The molecule has 0 aromatic carbocycles. The van der Waals surface area contributed by atoms with Crippen LogP contribution in [0.1, 0.15) is 6.42 Å². The molecule has 17 heavy (non-hydrogen) atoms. The van der Waals surface area contributed by atoms with Crippen LogP contribution in [0.3, 0.4) is 0 Å². The summed E-state index contributed by atoms with van der Waals surface area (Å²) >= 11 is 0. The molecule has 0 radical (unpaired) electrons. The molecule has 2 heterocycles. The highest BCUT2D eigenvalue weighted by atomic mass is 16.7. The first-order chi connectivity index (χ1) is 8.09. The largest absolute Gasteiger partial charge is 0.365 e. The lowest BCUT2D eigenvalue weighted by Crippen LogP contribution is -2.53. The molecule has 5 nitrogen and oxygen atoms in total. The van der Waals surface area contributed by atoms with Crippen LogP contribution in [0.5, 0.6) is 0 Å². The van der Waals surface area contributed by atoms with Gasteiger partial charge in [-0.25, -0.2) is 0 Å². The number of hydrogen-bond acceptors (Lipinski definition) is 4. The highest BCUT2D eigenvalue weighted by molar-refractivity contribution is 5.41. The van der Waals surface area contributed by atoms with Crippen LogP contribution < -0.4 is 0 Å². The van der Waals surface area contributed by atoms with Crippen molar-refractivity contribution in [3.05, 3.63) is 10.1 Å². The second-order valence-corrected chi connectivity index (χ2v) is 7.12. The van der Waals surface area contributed by atoms with E-state index in [1.807, 2.05) is 0 Å². The monoisotopic (exact) mass is 235 g/mol. The van der Waals surface area contributed by atoms with E-state index in [4.69, 9.17) is 4.74 Å². The molecule has 5 heteroatoms. The van der Waals surface area contributed by atoms with Crippen molar-refractivity contribution in [2.75, 3.05) is 6.54 Å². The van der Waals surface area contributed by atoms with Crippen molar-refractivity contribution < 1.29 is 14.8 Å². The lowest BCUT2D eigenvalue weighted by Gasteiger charge is -2.45. The van der Waals surface area contributed by atoms with Gasteiger partial charge in [-0.1, -0.05) is 0 Å². The maximum Gasteiger partial charge on any atom is 0.233 e. The third-order valence-electron chi connectivity index (χ3n) is 7.32. The molecule has 0 aromatic heterocycles. The van der Waals surface area contributed by atoms with E-state index in [0.717, 1.165) is 0 Å². The summed E-state index contributed by atoms with van der Waals surface area (Å²) < 4.78 is 5.97. The third kappa shape index (κ3) is 0.492. The Labute approximate surface area is 97.3 Å². The second-order valence-electron chi connectivity index (χ2n) is 7.12. The standard InChI is InChI=1S/C12H13NO4/c14-12-8-4-1-3-5-6(4)10(12)9(5)11(17-12,7(3)8)2-13(15)16/h3-10,14H,1-2H2/t3-,4+,5-,6-,7+,8+,9-,10+,11+,12+/m0/s1. The van der Waals surface area contributed by atoms with E-state index in [1.54, 1.807) is 0 Å². The van der Waals surface area contributed by atoms with Crippen LogP contribution in [-0.4, -0.2) is 28.0 Å². The molecule has 7 fully saturated rings. The van der Waals surface area contributed by atoms with E-state index < -0.39 is 11.4 Å². The van der Waals surface area contributed by atoms with Crippen LogP contribution in [0.4, 0.5) is 0 Å². The molecular weight excluding hydrogens is 222 g/mol. The average Bonchev–Trinajstić information content (AvgIpc) is 2.75. The zero-order chi connectivity index (χ0) is 11.3. The minimum atomic E-state index is -0.970. The molecule has 7 rings (SSSR count). The number of rotatable bonds is 2. The van der Waals surface area contributed by atoms with Gasteiger partial charge in [-0.05, 0) is 30.1 Å². The average molecular weight is 235 g/mol. The minimum absolute atomic E-state index is 0.0793. The van der Waals surface area contributed by atoms with E-state index in [0.29, 0.717) is 35.5 Å². The van der Waals surface area contributed by atoms with Crippen LogP contribution in [0, 0.1) is 57.5 Å². The Morgan fingerprint density at radius 1 is 1.24 bits per heavy atom. The van der Waals surface area contributed by atoms with E-state index in [2.05, 4.69) is 0 Å². The Balaban J connectivity index is 1.64. The SMILES string of the molecule is O=[N+]([O-])C[C@]12O[C@]3(O)[C@@H]4[C@@H]5C[C@@H]([C@H]6[C@H]5[C@@H]3[C@H]61)[C@H]42. The van der Waals surface area contributed by atoms with Crippen LogP contribution in [-0.2, 0) is 4.74 Å². The van der Waals surface area contributed by atoms with Gasteiger partial charge >= 0.3 is 0 Å². The van der Waals surface area contributed by atoms with Crippen molar-refractivity contribution in [1.29, 1.82) is 0 Å². The van der Waals surface area contributed by atoms with Crippen LogP contribution >= 0.6 is 0 Å². The van der Waals surface area contributed by atoms with Crippen molar-refractivity contribution in [1.82, 2.24) is 0 Å². The van der Waals surface area contributed by atoms with Gasteiger partial charge < -0.3 is 9.84 Å². The van der Waals surface area contributed by atoms with Crippen molar-refractivity contribution in [2.45, 2.75) is 17.8 Å². The molecule has 5 aliphatic carbocycles. The van der Waals surface area contributed by atoms with E-state index in [9.17, 15) is 15.2 Å². The summed E-state index contributed by atoms with van der Waals surface area (Å²) in [5, 5.41) is 21.7. The Morgan fingerprint density at radius 2 is 1.94 bits per heavy atom.